The van der Waals surface area contributed by atoms with Gasteiger partial charge in [0.15, 0.2) is 6.29 Å². The van der Waals surface area contributed by atoms with Crippen LogP contribution in [0.15, 0.2) is 0 Å². The van der Waals surface area contributed by atoms with Gasteiger partial charge in [0.05, 0.1) is 0 Å². The summed E-state index contributed by atoms with van der Waals surface area (Å²) in [7, 11) is 3.35. The summed E-state index contributed by atoms with van der Waals surface area (Å²) in [6.07, 6.45) is -0.496. The van der Waals surface area contributed by atoms with Crippen molar-refractivity contribution >= 4 is 0 Å². The standard InChI is InChI=1S/C5H14N2O3/c1-7(2)10-5(8)3-4-6-9/h5-6,8-9H,3-4H2,1-2H3. The van der Waals surface area contributed by atoms with Crippen LogP contribution in [0.1, 0.15) is 6.42 Å². The molecule has 0 aromatic heterocycles. The average molecular weight is 150 g/mol. The third-order valence-corrected chi connectivity index (χ3v) is 0.836. The minimum atomic E-state index is -0.852. The molecule has 0 bridgehead atoms. The second kappa shape index (κ2) is 5.57. The molecular weight excluding hydrogens is 136 g/mol. The number of nitrogens with zero attached hydrogens (tertiary/aromatic N) is 1. The van der Waals surface area contributed by atoms with Crippen molar-refractivity contribution in [1.82, 2.24) is 10.5 Å². The molecule has 3 N–H and O–H groups in total. The van der Waals surface area contributed by atoms with Crippen LogP contribution in [0.3, 0.4) is 0 Å². The second-order valence-corrected chi connectivity index (χ2v) is 2.07. The fourth-order valence-electron chi connectivity index (χ4n) is 0.484. The molecule has 0 aliphatic heterocycles. The lowest BCUT2D eigenvalue weighted by Crippen LogP contribution is -2.26. The summed E-state index contributed by atoms with van der Waals surface area (Å²) >= 11 is 0. The molecule has 0 aliphatic carbocycles. The highest BCUT2D eigenvalue weighted by Gasteiger charge is 2.03. The lowest BCUT2D eigenvalue weighted by Gasteiger charge is -2.15. The van der Waals surface area contributed by atoms with Gasteiger partial charge < -0.3 is 10.3 Å². The molecule has 0 aliphatic rings. The Bertz CT molecular complexity index is 79.3. The smallest absolute Gasteiger partial charge is 0.176 e. The number of aliphatic hydroxyl groups is 1. The molecule has 1 atom stereocenters. The lowest BCUT2D eigenvalue weighted by molar-refractivity contribution is -0.243. The molecule has 0 aromatic carbocycles. The van der Waals surface area contributed by atoms with Gasteiger partial charge in [0.1, 0.15) is 0 Å². The number of nitrogens with one attached hydrogen (secondary N) is 1. The van der Waals surface area contributed by atoms with Gasteiger partial charge >= 0.3 is 0 Å². The van der Waals surface area contributed by atoms with Gasteiger partial charge in [-0.1, -0.05) is 0 Å². The maximum Gasteiger partial charge on any atom is 0.176 e. The molecule has 0 fully saturated rings. The van der Waals surface area contributed by atoms with Crippen LogP contribution in [0, 0.1) is 0 Å². The van der Waals surface area contributed by atoms with E-state index in [1.54, 1.807) is 14.1 Å². The van der Waals surface area contributed by atoms with Gasteiger partial charge in [-0.25, -0.2) is 5.48 Å². The van der Waals surface area contributed by atoms with Crippen molar-refractivity contribution in [2.24, 2.45) is 0 Å². The first-order chi connectivity index (χ1) is 4.66. The highest BCUT2D eigenvalue weighted by atomic mass is 16.7. The van der Waals surface area contributed by atoms with Crippen LogP contribution in [0.4, 0.5) is 0 Å². The van der Waals surface area contributed by atoms with Crippen molar-refractivity contribution < 1.29 is 15.2 Å². The third-order valence-electron chi connectivity index (χ3n) is 0.836. The van der Waals surface area contributed by atoms with E-state index in [9.17, 15) is 0 Å². The largest absolute Gasteiger partial charge is 0.366 e. The average Bonchev–Trinajstić information content (AvgIpc) is 1.82. The summed E-state index contributed by atoms with van der Waals surface area (Å²) in [5.41, 5.74) is 1.91. The molecule has 0 rings (SSSR count). The number of aliphatic hydroxyl groups excluding tert-OH is 1. The Morgan fingerprint density at radius 1 is 1.60 bits per heavy atom. The van der Waals surface area contributed by atoms with Crippen molar-refractivity contribution in [2.45, 2.75) is 12.7 Å². The zero-order valence-corrected chi connectivity index (χ0v) is 6.24. The first-order valence-corrected chi connectivity index (χ1v) is 3.06. The fraction of sp³-hybridized carbons (Fsp3) is 1.00. The first-order valence-electron chi connectivity index (χ1n) is 3.06. The topological polar surface area (TPSA) is 65.0 Å². The van der Waals surface area contributed by atoms with Gasteiger partial charge in [-0.2, -0.15) is 5.06 Å². The fourth-order valence-corrected chi connectivity index (χ4v) is 0.484. The number of hydroxylamine groups is 3. The predicted octanol–water partition coefficient (Wildman–Crippen LogP) is -0.833. The van der Waals surface area contributed by atoms with Crippen LogP contribution < -0.4 is 5.48 Å². The minimum Gasteiger partial charge on any atom is -0.366 e. The Hall–Kier alpha value is -0.200. The second-order valence-electron chi connectivity index (χ2n) is 2.07. The molecule has 1 unspecified atom stereocenters. The van der Waals surface area contributed by atoms with Gasteiger partial charge in [0.2, 0.25) is 0 Å². The van der Waals surface area contributed by atoms with Crippen molar-refractivity contribution in [3.8, 4) is 0 Å². The van der Waals surface area contributed by atoms with Crippen LogP contribution >= 0.6 is 0 Å². The van der Waals surface area contributed by atoms with Gasteiger partial charge in [-0.15, -0.1) is 0 Å². The molecule has 0 aromatic rings. The molecule has 0 saturated heterocycles. The van der Waals surface area contributed by atoms with E-state index in [2.05, 4.69) is 0 Å². The molecule has 10 heavy (non-hydrogen) atoms. The Kier molecular flexibility index (Phi) is 5.46. The van der Waals surface area contributed by atoms with Gasteiger partial charge in [-0.05, 0) is 0 Å². The molecule has 5 nitrogen and oxygen atoms in total. The summed E-state index contributed by atoms with van der Waals surface area (Å²) in [5, 5.41) is 18.5. The zero-order chi connectivity index (χ0) is 7.98. The van der Waals surface area contributed by atoms with E-state index in [-0.39, 0.29) is 0 Å². The highest BCUT2D eigenvalue weighted by Crippen LogP contribution is 1.92. The van der Waals surface area contributed by atoms with Crippen LogP contribution in [0.25, 0.3) is 0 Å². The molecule has 5 heteroatoms. The van der Waals surface area contributed by atoms with Gasteiger partial charge in [-0.3, -0.25) is 4.84 Å². The first kappa shape index (κ1) is 9.80. The molecule has 0 spiro atoms. The Labute approximate surface area is 60.1 Å². The predicted molar refractivity (Wildman–Crippen MR) is 35.2 cm³/mol. The zero-order valence-electron chi connectivity index (χ0n) is 6.24. The number of hydrogen-bond donors (Lipinski definition) is 3. The number of rotatable bonds is 5. The Balaban J connectivity index is 3.16. The van der Waals surface area contributed by atoms with Gasteiger partial charge in [0, 0.05) is 27.1 Å². The monoisotopic (exact) mass is 150 g/mol. The lowest BCUT2D eigenvalue weighted by atomic mass is 10.4. The van der Waals surface area contributed by atoms with Gasteiger partial charge in [0.25, 0.3) is 0 Å². The quantitative estimate of drug-likeness (QED) is 0.352. The Morgan fingerprint density at radius 3 is 2.60 bits per heavy atom. The normalized spacial score (nSPS) is 14.1. The van der Waals surface area contributed by atoms with E-state index in [1.165, 1.54) is 5.06 Å². The summed E-state index contributed by atoms with van der Waals surface area (Å²) in [5.74, 6) is 0. The van der Waals surface area contributed by atoms with E-state index in [0.29, 0.717) is 13.0 Å². The number of hydrogen-bond acceptors (Lipinski definition) is 5. The summed E-state index contributed by atoms with van der Waals surface area (Å²) in [6.45, 7) is 0.314. The van der Waals surface area contributed by atoms with Crippen molar-refractivity contribution in [1.29, 1.82) is 0 Å². The van der Waals surface area contributed by atoms with Crippen molar-refractivity contribution in [3.05, 3.63) is 0 Å². The molecule has 0 amide bonds. The van der Waals surface area contributed by atoms with Crippen LogP contribution in [0.2, 0.25) is 0 Å². The summed E-state index contributed by atoms with van der Waals surface area (Å²) in [4.78, 5) is 4.79. The maximum atomic E-state index is 8.94. The van der Waals surface area contributed by atoms with E-state index < -0.39 is 6.29 Å². The summed E-state index contributed by atoms with van der Waals surface area (Å²) < 4.78 is 0. The van der Waals surface area contributed by atoms with Crippen LogP contribution in [-0.4, -0.2) is 42.3 Å². The molecule has 0 heterocycles. The molecule has 62 valence electrons. The van der Waals surface area contributed by atoms with Crippen molar-refractivity contribution in [3.63, 3.8) is 0 Å². The maximum absolute atomic E-state index is 8.94. The SMILES string of the molecule is CN(C)OC(O)CCNO. The van der Waals surface area contributed by atoms with Crippen molar-refractivity contribution in [2.75, 3.05) is 20.6 Å². The van der Waals surface area contributed by atoms with E-state index in [4.69, 9.17) is 15.2 Å². The van der Waals surface area contributed by atoms with E-state index >= 15 is 0 Å². The van der Waals surface area contributed by atoms with Crippen LogP contribution in [-0.2, 0) is 4.84 Å². The molecule has 0 saturated carbocycles. The third kappa shape index (κ3) is 5.93. The molecular formula is C5H14N2O3. The minimum absolute atomic E-state index is 0.314. The highest BCUT2D eigenvalue weighted by molar-refractivity contribution is 4.40. The van der Waals surface area contributed by atoms with Crippen LogP contribution in [0.5, 0.6) is 0 Å². The van der Waals surface area contributed by atoms with E-state index in [0.717, 1.165) is 0 Å². The Morgan fingerprint density at radius 2 is 2.20 bits per heavy atom. The summed E-state index contributed by atoms with van der Waals surface area (Å²) in [6, 6.07) is 0. The molecule has 0 radical (unpaired) electrons. The van der Waals surface area contributed by atoms with E-state index in [1.807, 2.05) is 5.48 Å².